The van der Waals surface area contributed by atoms with Crippen LogP contribution in [0.1, 0.15) is 0 Å². The minimum atomic E-state index is -4.07. The number of fused-ring (bicyclic) bond motifs is 2. The maximum absolute atomic E-state index is 14.1. The van der Waals surface area contributed by atoms with E-state index in [0.29, 0.717) is 21.9 Å². The van der Waals surface area contributed by atoms with Crippen LogP contribution in [0.3, 0.4) is 0 Å². The summed E-state index contributed by atoms with van der Waals surface area (Å²) in [7, 11) is -4.07. The van der Waals surface area contributed by atoms with Crippen LogP contribution in [-0.2, 0) is 10.0 Å². The molecule has 2 aromatic heterocycles. The number of benzene rings is 2. The van der Waals surface area contributed by atoms with Gasteiger partial charge in [0.15, 0.2) is 0 Å². The Bertz CT molecular complexity index is 1180. The highest BCUT2D eigenvalue weighted by molar-refractivity contribution is 7.93. The summed E-state index contributed by atoms with van der Waals surface area (Å²) in [5, 5.41) is 0.306. The molecule has 2 N–H and O–H groups in total. The van der Waals surface area contributed by atoms with Gasteiger partial charge in [-0.25, -0.2) is 17.2 Å². The van der Waals surface area contributed by atoms with Gasteiger partial charge in [0.25, 0.3) is 10.0 Å². The van der Waals surface area contributed by atoms with Crippen molar-refractivity contribution in [3.63, 3.8) is 0 Å². The fourth-order valence-electron chi connectivity index (χ4n) is 2.38. The second kappa shape index (κ2) is 5.21. The molecular weight excluding hydrogens is 358 g/mol. The maximum Gasteiger partial charge on any atom is 0.264 e. The number of hydrogen-bond donors (Lipinski definition) is 2. The molecule has 0 unspecified atom stereocenters. The van der Waals surface area contributed by atoms with Gasteiger partial charge in [-0.2, -0.15) is 8.75 Å². The number of nitrogens with one attached hydrogen (secondary N) is 2. The second-order valence-corrected chi connectivity index (χ2v) is 7.21. The summed E-state index contributed by atoms with van der Waals surface area (Å²) in [4.78, 5) is 2.58. The van der Waals surface area contributed by atoms with E-state index in [4.69, 9.17) is 0 Å². The van der Waals surface area contributed by atoms with Crippen LogP contribution in [0, 0.1) is 11.6 Å². The average Bonchev–Trinajstić information content (AvgIpc) is 3.13. The summed E-state index contributed by atoms with van der Waals surface area (Å²) < 4.78 is 62.5. The quantitative estimate of drug-likeness (QED) is 0.583. The molecule has 2 heterocycles. The molecule has 0 saturated carbocycles. The molecule has 0 spiro atoms. The molecule has 0 atom stereocenters. The Kier molecular flexibility index (Phi) is 3.25. The van der Waals surface area contributed by atoms with Crippen molar-refractivity contribution < 1.29 is 17.2 Å². The van der Waals surface area contributed by atoms with Gasteiger partial charge < -0.3 is 4.98 Å². The third kappa shape index (κ3) is 2.39. The Morgan fingerprint density at radius 3 is 2.62 bits per heavy atom. The van der Waals surface area contributed by atoms with E-state index in [2.05, 4.69) is 18.5 Å². The highest BCUT2D eigenvalue weighted by atomic mass is 32.2. The number of H-pyrrole nitrogens is 1. The number of sulfonamides is 1. The van der Waals surface area contributed by atoms with Crippen LogP contribution in [-0.4, -0.2) is 22.1 Å². The smallest absolute Gasteiger partial charge is 0.264 e. The summed E-state index contributed by atoms with van der Waals surface area (Å²) in [5.74, 6) is -1.25. The van der Waals surface area contributed by atoms with Gasteiger partial charge in [0.1, 0.15) is 27.6 Å². The third-order valence-corrected chi connectivity index (χ3v) is 5.44. The number of anilines is 1. The molecule has 24 heavy (non-hydrogen) atoms. The first-order valence-corrected chi connectivity index (χ1v) is 8.87. The number of hydrogen-bond acceptors (Lipinski definition) is 5. The van der Waals surface area contributed by atoms with Gasteiger partial charge in [-0.15, -0.1) is 0 Å². The molecule has 0 bridgehead atoms. The van der Waals surface area contributed by atoms with E-state index in [9.17, 15) is 17.2 Å². The van der Waals surface area contributed by atoms with Crippen molar-refractivity contribution >= 4 is 49.4 Å². The second-order valence-electron chi connectivity index (χ2n) is 5.03. The van der Waals surface area contributed by atoms with Crippen molar-refractivity contribution in [1.82, 2.24) is 13.7 Å². The minimum absolute atomic E-state index is 0.103. The molecule has 4 rings (SSSR count). The van der Waals surface area contributed by atoms with E-state index < -0.39 is 21.7 Å². The summed E-state index contributed by atoms with van der Waals surface area (Å²) >= 11 is 0.905. The van der Waals surface area contributed by atoms with E-state index >= 15 is 0 Å². The van der Waals surface area contributed by atoms with E-state index in [0.717, 1.165) is 23.9 Å². The Hall–Kier alpha value is -2.59. The molecule has 0 aliphatic rings. The number of rotatable bonds is 3. The van der Waals surface area contributed by atoms with Gasteiger partial charge in [-0.3, -0.25) is 4.72 Å². The standard InChI is InChI=1S/C14H8F2N4O2S2/c15-7-1-2-8-10(3-7)17-6-14(8)24(21,22)20-11-5-13-12(4-9(11)16)18-23-19-13/h1-6,17,20H. The monoisotopic (exact) mass is 366 g/mol. The predicted octanol–water partition coefficient (Wildman–Crippen LogP) is 3.25. The zero-order valence-corrected chi connectivity index (χ0v) is 13.4. The van der Waals surface area contributed by atoms with E-state index in [-0.39, 0.29) is 10.6 Å². The molecule has 2 aromatic carbocycles. The highest BCUT2D eigenvalue weighted by Crippen LogP contribution is 2.28. The fourth-order valence-corrected chi connectivity index (χ4v) is 4.12. The predicted molar refractivity (Wildman–Crippen MR) is 86.4 cm³/mol. The maximum atomic E-state index is 14.1. The summed E-state index contributed by atoms with van der Waals surface area (Å²) in [6.45, 7) is 0. The van der Waals surface area contributed by atoms with Crippen molar-refractivity contribution in [2.24, 2.45) is 0 Å². The average molecular weight is 366 g/mol. The van der Waals surface area contributed by atoms with Crippen molar-refractivity contribution in [3.8, 4) is 0 Å². The van der Waals surface area contributed by atoms with Gasteiger partial charge in [-0.05, 0) is 24.3 Å². The minimum Gasteiger partial charge on any atom is -0.360 e. The summed E-state index contributed by atoms with van der Waals surface area (Å²) in [6.07, 6.45) is 1.23. The first-order chi connectivity index (χ1) is 11.4. The van der Waals surface area contributed by atoms with Crippen LogP contribution in [0.4, 0.5) is 14.5 Å². The summed E-state index contributed by atoms with van der Waals surface area (Å²) in [6, 6.07) is 6.08. The van der Waals surface area contributed by atoms with Gasteiger partial charge in [0.2, 0.25) is 0 Å². The SMILES string of the molecule is O=S(=O)(Nc1cc2nsnc2cc1F)c1c[nH]c2cc(F)ccc12. The van der Waals surface area contributed by atoms with E-state index in [1.165, 1.54) is 24.4 Å². The Morgan fingerprint density at radius 2 is 1.83 bits per heavy atom. The van der Waals surface area contributed by atoms with Gasteiger partial charge >= 0.3 is 0 Å². The van der Waals surface area contributed by atoms with Crippen LogP contribution in [0.15, 0.2) is 41.4 Å². The molecule has 0 amide bonds. The molecule has 0 saturated heterocycles. The molecule has 10 heteroatoms. The lowest BCUT2D eigenvalue weighted by molar-refractivity contribution is 0.599. The van der Waals surface area contributed by atoms with Crippen LogP contribution < -0.4 is 4.72 Å². The lowest BCUT2D eigenvalue weighted by Crippen LogP contribution is -2.13. The Morgan fingerprint density at radius 1 is 1.08 bits per heavy atom. The molecule has 0 aliphatic carbocycles. The van der Waals surface area contributed by atoms with Crippen molar-refractivity contribution in [2.75, 3.05) is 4.72 Å². The largest absolute Gasteiger partial charge is 0.360 e. The molecule has 122 valence electrons. The van der Waals surface area contributed by atoms with Crippen molar-refractivity contribution in [3.05, 3.63) is 48.2 Å². The fraction of sp³-hybridized carbons (Fsp3) is 0. The van der Waals surface area contributed by atoms with Gasteiger partial charge in [0.05, 0.1) is 17.4 Å². The molecule has 6 nitrogen and oxygen atoms in total. The highest BCUT2D eigenvalue weighted by Gasteiger charge is 2.21. The van der Waals surface area contributed by atoms with Crippen LogP contribution in [0.25, 0.3) is 21.9 Å². The molecule has 0 radical (unpaired) electrons. The molecule has 0 fully saturated rings. The van der Waals surface area contributed by atoms with Crippen LogP contribution in [0.5, 0.6) is 0 Å². The van der Waals surface area contributed by atoms with Crippen LogP contribution >= 0.6 is 11.7 Å². The van der Waals surface area contributed by atoms with Crippen LogP contribution in [0.2, 0.25) is 0 Å². The van der Waals surface area contributed by atoms with Gasteiger partial charge in [-0.1, -0.05) is 0 Å². The van der Waals surface area contributed by atoms with Gasteiger partial charge in [0, 0.05) is 23.2 Å². The lowest BCUT2D eigenvalue weighted by Gasteiger charge is -2.08. The lowest BCUT2D eigenvalue weighted by atomic mass is 10.2. The number of halogens is 2. The zero-order valence-electron chi connectivity index (χ0n) is 11.7. The number of aromatic nitrogens is 3. The molecular formula is C14H8F2N4O2S2. The normalized spacial score (nSPS) is 12.1. The molecule has 0 aliphatic heterocycles. The van der Waals surface area contributed by atoms with E-state index in [1.54, 1.807) is 0 Å². The zero-order chi connectivity index (χ0) is 16.9. The Labute approximate surface area is 138 Å². The van der Waals surface area contributed by atoms with Crippen molar-refractivity contribution in [2.45, 2.75) is 4.90 Å². The Balaban J connectivity index is 1.80. The third-order valence-electron chi connectivity index (χ3n) is 3.48. The topological polar surface area (TPSA) is 87.7 Å². The molecule has 4 aromatic rings. The number of nitrogens with zero attached hydrogens (tertiary/aromatic N) is 2. The number of aromatic amines is 1. The first kappa shape index (κ1) is 15.0. The summed E-state index contributed by atoms with van der Waals surface area (Å²) in [5.41, 5.74) is 0.838. The van der Waals surface area contributed by atoms with E-state index in [1.807, 2.05) is 0 Å². The van der Waals surface area contributed by atoms with Crippen molar-refractivity contribution in [1.29, 1.82) is 0 Å². The first-order valence-electron chi connectivity index (χ1n) is 6.65.